The first-order valence-corrected chi connectivity index (χ1v) is 5.38. The molecule has 0 bridgehead atoms. The minimum atomic E-state index is -0.396. The first kappa shape index (κ1) is 13.4. The fourth-order valence-corrected chi connectivity index (χ4v) is 1.26. The van der Waals surface area contributed by atoms with Crippen LogP contribution in [-0.4, -0.2) is 44.6 Å². The molecule has 0 heterocycles. The zero-order chi connectivity index (χ0) is 12.7. The zero-order valence-electron chi connectivity index (χ0n) is 10.1. The molecule has 0 saturated heterocycles. The Morgan fingerprint density at radius 2 is 2.12 bits per heavy atom. The molecular formula is C12H17FN2O2. The number of hydrogen-bond donors (Lipinski definition) is 1. The van der Waals surface area contributed by atoms with Gasteiger partial charge in [-0.05, 0) is 26.2 Å². The molecule has 1 rings (SSSR count). The third kappa shape index (κ3) is 5.31. The number of halogens is 1. The summed E-state index contributed by atoms with van der Waals surface area (Å²) in [6.07, 6.45) is 0. The van der Waals surface area contributed by atoms with Crippen molar-refractivity contribution in [1.29, 1.82) is 0 Å². The van der Waals surface area contributed by atoms with Crippen molar-refractivity contribution in [1.82, 2.24) is 10.2 Å². The molecule has 0 spiro atoms. The van der Waals surface area contributed by atoms with E-state index in [0.29, 0.717) is 13.1 Å². The second-order valence-corrected chi connectivity index (χ2v) is 3.87. The average Bonchev–Trinajstić information content (AvgIpc) is 2.25. The lowest BCUT2D eigenvalue weighted by atomic mass is 10.3. The van der Waals surface area contributed by atoms with Crippen molar-refractivity contribution >= 4 is 5.91 Å². The Morgan fingerprint density at radius 1 is 1.41 bits per heavy atom. The number of para-hydroxylation sites is 1. The van der Waals surface area contributed by atoms with E-state index in [1.807, 2.05) is 14.1 Å². The molecule has 0 aliphatic rings. The van der Waals surface area contributed by atoms with Crippen LogP contribution in [0.4, 0.5) is 4.39 Å². The van der Waals surface area contributed by atoms with Crippen molar-refractivity contribution in [2.24, 2.45) is 0 Å². The number of likely N-dealkylation sites (N-methyl/N-ethyl adjacent to an activating group) is 1. The number of carbonyl (C=O) groups is 1. The molecule has 0 aliphatic carbocycles. The maximum Gasteiger partial charge on any atom is 0.234 e. The molecule has 94 valence electrons. The van der Waals surface area contributed by atoms with Gasteiger partial charge in [0.05, 0.1) is 13.1 Å². The van der Waals surface area contributed by atoms with Crippen LogP contribution in [-0.2, 0) is 4.79 Å². The van der Waals surface area contributed by atoms with Gasteiger partial charge in [-0.3, -0.25) is 4.79 Å². The summed E-state index contributed by atoms with van der Waals surface area (Å²) in [5.41, 5.74) is 0. The van der Waals surface area contributed by atoms with Crippen molar-refractivity contribution in [3.8, 4) is 5.75 Å². The normalized spacial score (nSPS) is 10.4. The molecule has 4 nitrogen and oxygen atoms in total. The largest absolute Gasteiger partial charge is 0.489 e. The number of carbonyl (C=O) groups excluding carboxylic acids is 1. The van der Waals surface area contributed by atoms with E-state index >= 15 is 0 Å². The van der Waals surface area contributed by atoms with E-state index in [9.17, 15) is 9.18 Å². The molecule has 17 heavy (non-hydrogen) atoms. The molecule has 0 aromatic heterocycles. The minimum absolute atomic E-state index is 0.0767. The van der Waals surface area contributed by atoms with Crippen LogP contribution >= 0.6 is 0 Å². The first-order chi connectivity index (χ1) is 8.09. The van der Waals surface area contributed by atoms with E-state index in [4.69, 9.17) is 4.74 Å². The van der Waals surface area contributed by atoms with Crippen LogP contribution in [0.2, 0.25) is 0 Å². The lowest BCUT2D eigenvalue weighted by molar-refractivity contribution is -0.121. The Kier molecular flexibility index (Phi) is 5.42. The van der Waals surface area contributed by atoms with E-state index in [2.05, 4.69) is 5.32 Å². The summed E-state index contributed by atoms with van der Waals surface area (Å²) >= 11 is 0. The van der Waals surface area contributed by atoms with Gasteiger partial charge >= 0.3 is 0 Å². The molecule has 0 radical (unpaired) electrons. The minimum Gasteiger partial charge on any atom is -0.489 e. The van der Waals surface area contributed by atoms with E-state index < -0.39 is 5.82 Å². The molecule has 0 unspecified atom stereocenters. The van der Waals surface area contributed by atoms with Crippen molar-refractivity contribution in [2.75, 3.05) is 33.8 Å². The predicted octanol–water partition coefficient (Wildman–Crippen LogP) is 0.882. The van der Waals surface area contributed by atoms with Crippen LogP contribution in [0.15, 0.2) is 24.3 Å². The summed E-state index contributed by atoms with van der Waals surface area (Å²) in [4.78, 5) is 13.0. The Balaban J connectivity index is 2.21. The Labute approximate surface area is 100 Å². The van der Waals surface area contributed by atoms with Gasteiger partial charge < -0.3 is 15.0 Å². The van der Waals surface area contributed by atoms with Gasteiger partial charge in [-0.2, -0.15) is 0 Å². The van der Waals surface area contributed by atoms with Crippen LogP contribution in [0.3, 0.4) is 0 Å². The van der Waals surface area contributed by atoms with E-state index in [0.717, 1.165) is 0 Å². The Bertz CT molecular complexity index is 369. The van der Waals surface area contributed by atoms with Crippen LogP contribution < -0.4 is 10.1 Å². The van der Waals surface area contributed by atoms with Gasteiger partial charge in [0, 0.05) is 0 Å². The number of ether oxygens (including phenoxy) is 1. The molecule has 0 atom stereocenters. The Morgan fingerprint density at radius 3 is 2.76 bits per heavy atom. The summed E-state index contributed by atoms with van der Waals surface area (Å²) in [6.45, 7) is 0.945. The lowest BCUT2D eigenvalue weighted by Crippen LogP contribution is -2.35. The standard InChI is InChI=1S/C12H17FN2O2/c1-15(2)9-12(16)14-7-8-17-11-6-4-3-5-10(11)13/h3-6H,7-9H2,1-2H3,(H,14,16). The van der Waals surface area contributed by atoms with Crippen LogP contribution in [0.1, 0.15) is 0 Å². The van der Waals surface area contributed by atoms with Crippen molar-refractivity contribution in [3.63, 3.8) is 0 Å². The highest BCUT2D eigenvalue weighted by molar-refractivity contribution is 5.77. The van der Waals surface area contributed by atoms with Crippen molar-refractivity contribution < 1.29 is 13.9 Å². The fourth-order valence-electron chi connectivity index (χ4n) is 1.26. The van der Waals surface area contributed by atoms with Gasteiger partial charge in [0.1, 0.15) is 6.61 Å². The van der Waals surface area contributed by atoms with Crippen LogP contribution in [0, 0.1) is 5.82 Å². The summed E-state index contributed by atoms with van der Waals surface area (Å²) in [6, 6.07) is 6.18. The smallest absolute Gasteiger partial charge is 0.234 e. The van der Waals surface area contributed by atoms with Gasteiger partial charge in [-0.15, -0.1) is 0 Å². The molecule has 0 saturated carbocycles. The van der Waals surface area contributed by atoms with Crippen LogP contribution in [0.5, 0.6) is 5.75 Å². The predicted molar refractivity (Wildman–Crippen MR) is 63.5 cm³/mol. The van der Waals surface area contributed by atoms with Gasteiger partial charge in [-0.1, -0.05) is 12.1 Å². The number of amides is 1. The quantitative estimate of drug-likeness (QED) is 0.751. The lowest BCUT2D eigenvalue weighted by Gasteiger charge is -2.11. The fraction of sp³-hybridized carbons (Fsp3) is 0.417. The number of rotatable bonds is 6. The first-order valence-electron chi connectivity index (χ1n) is 5.38. The van der Waals surface area contributed by atoms with E-state index in [-0.39, 0.29) is 18.3 Å². The van der Waals surface area contributed by atoms with E-state index in [1.165, 1.54) is 6.07 Å². The molecule has 0 fully saturated rings. The Hall–Kier alpha value is -1.62. The average molecular weight is 240 g/mol. The monoisotopic (exact) mass is 240 g/mol. The molecule has 1 N–H and O–H groups in total. The van der Waals surface area contributed by atoms with Gasteiger partial charge in [-0.25, -0.2) is 4.39 Å². The molecule has 1 aromatic carbocycles. The third-order valence-electron chi connectivity index (χ3n) is 1.98. The highest BCUT2D eigenvalue weighted by Gasteiger charge is 2.03. The zero-order valence-corrected chi connectivity index (χ0v) is 10.1. The number of nitrogens with zero attached hydrogens (tertiary/aromatic N) is 1. The maximum atomic E-state index is 13.1. The molecule has 1 aromatic rings. The SMILES string of the molecule is CN(C)CC(=O)NCCOc1ccccc1F. The van der Waals surface area contributed by atoms with Gasteiger partial charge in [0.2, 0.25) is 5.91 Å². The summed E-state index contributed by atoms with van der Waals surface area (Å²) in [7, 11) is 3.63. The third-order valence-corrected chi connectivity index (χ3v) is 1.98. The summed E-state index contributed by atoms with van der Waals surface area (Å²) < 4.78 is 18.3. The van der Waals surface area contributed by atoms with Crippen LogP contribution in [0.25, 0.3) is 0 Å². The summed E-state index contributed by atoms with van der Waals surface area (Å²) in [5, 5.41) is 2.68. The van der Waals surface area contributed by atoms with E-state index in [1.54, 1.807) is 23.1 Å². The number of hydrogen-bond acceptors (Lipinski definition) is 3. The molecular weight excluding hydrogens is 223 g/mol. The second kappa shape index (κ2) is 6.85. The highest BCUT2D eigenvalue weighted by atomic mass is 19.1. The van der Waals surface area contributed by atoms with Gasteiger partial charge in [0.15, 0.2) is 11.6 Å². The van der Waals surface area contributed by atoms with Crippen molar-refractivity contribution in [3.05, 3.63) is 30.1 Å². The number of nitrogens with one attached hydrogen (secondary N) is 1. The highest BCUT2D eigenvalue weighted by Crippen LogP contribution is 2.14. The number of benzene rings is 1. The molecule has 5 heteroatoms. The maximum absolute atomic E-state index is 13.1. The van der Waals surface area contributed by atoms with Gasteiger partial charge in [0.25, 0.3) is 0 Å². The molecule has 0 aliphatic heterocycles. The molecule has 1 amide bonds. The second-order valence-electron chi connectivity index (χ2n) is 3.87. The van der Waals surface area contributed by atoms with Crippen molar-refractivity contribution in [2.45, 2.75) is 0 Å². The summed E-state index contributed by atoms with van der Waals surface area (Å²) in [5.74, 6) is -0.270. The topological polar surface area (TPSA) is 41.6 Å².